The smallest absolute Gasteiger partial charge is 0.296 e. The molecule has 1 amide bonds. The summed E-state index contributed by atoms with van der Waals surface area (Å²) in [6.07, 6.45) is -3.28. The number of carbonyl (C=O) groups is 1. The van der Waals surface area contributed by atoms with Crippen molar-refractivity contribution in [3.63, 3.8) is 0 Å². The Hall–Kier alpha value is -2.46. The number of alkyl halides is 3. The van der Waals surface area contributed by atoms with Gasteiger partial charge in [-0.15, -0.1) is 10.2 Å². The molecule has 0 aliphatic heterocycles. The molecule has 0 radical (unpaired) electrons. The lowest BCUT2D eigenvalue weighted by Crippen LogP contribution is -2.20. The summed E-state index contributed by atoms with van der Waals surface area (Å²) in [7, 11) is 0. The summed E-state index contributed by atoms with van der Waals surface area (Å²) in [6.45, 7) is 4.00. The van der Waals surface area contributed by atoms with E-state index in [0.29, 0.717) is 22.0 Å². The van der Waals surface area contributed by atoms with Crippen LogP contribution < -0.4 is 5.32 Å². The second-order valence-electron chi connectivity index (χ2n) is 6.35. The van der Waals surface area contributed by atoms with Crippen LogP contribution in [0.4, 0.5) is 18.3 Å². The van der Waals surface area contributed by atoms with Crippen LogP contribution in [0.5, 0.6) is 0 Å². The van der Waals surface area contributed by atoms with Gasteiger partial charge in [0.05, 0.1) is 17.4 Å². The summed E-state index contributed by atoms with van der Waals surface area (Å²) in [5.74, 6) is -0.628. The number of halogens is 4. The van der Waals surface area contributed by atoms with Gasteiger partial charge in [0.15, 0.2) is 5.69 Å². The second-order valence-corrected chi connectivity index (χ2v) is 7.85. The van der Waals surface area contributed by atoms with Crippen LogP contribution in [0, 0.1) is 5.92 Å². The summed E-state index contributed by atoms with van der Waals surface area (Å²) < 4.78 is 41.7. The summed E-state index contributed by atoms with van der Waals surface area (Å²) in [5.41, 5.74) is -1.72. The Balaban J connectivity index is 1.93. The maximum Gasteiger partial charge on any atom is 0.434 e. The zero-order valence-corrected chi connectivity index (χ0v) is 16.4. The standard InChI is InChI=1S/C17H15ClF3N5OS/c1-9(2)6-13-24-25-16(28-13)23-15(27)12-8-22-26(14(12)17(19,20)21)11-5-3-4-10(18)7-11/h3-5,7-9H,6H2,1-2H3,(H,23,25,27). The first-order chi connectivity index (χ1) is 13.1. The second kappa shape index (κ2) is 7.88. The maximum absolute atomic E-state index is 13.7. The number of hydrogen-bond acceptors (Lipinski definition) is 5. The molecule has 6 nitrogen and oxygen atoms in total. The van der Waals surface area contributed by atoms with E-state index in [1.807, 2.05) is 13.8 Å². The van der Waals surface area contributed by atoms with Crippen LogP contribution in [0.25, 0.3) is 5.69 Å². The number of nitrogens with zero attached hydrogens (tertiary/aromatic N) is 4. The lowest BCUT2D eigenvalue weighted by atomic mass is 10.1. The van der Waals surface area contributed by atoms with E-state index in [-0.39, 0.29) is 15.8 Å². The Kier molecular flexibility index (Phi) is 5.71. The maximum atomic E-state index is 13.7. The number of nitrogens with one attached hydrogen (secondary N) is 1. The monoisotopic (exact) mass is 429 g/mol. The zero-order chi connectivity index (χ0) is 20.5. The molecule has 28 heavy (non-hydrogen) atoms. The predicted octanol–water partition coefficient (Wildman–Crippen LogP) is 4.85. The van der Waals surface area contributed by atoms with Gasteiger partial charge >= 0.3 is 6.18 Å². The van der Waals surface area contributed by atoms with Gasteiger partial charge in [0.1, 0.15) is 5.01 Å². The number of carbonyl (C=O) groups excluding carboxylic acids is 1. The molecule has 2 heterocycles. The molecule has 0 fully saturated rings. The van der Waals surface area contributed by atoms with Gasteiger partial charge in [-0.1, -0.05) is 42.9 Å². The lowest BCUT2D eigenvalue weighted by molar-refractivity contribution is -0.143. The molecule has 0 aliphatic rings. The fraction of sp³-hybridized carbons (Fsp3) is 0.294. The van der Waals surface area contributed by atoms with E-state index < -0.39 is 23.3 Å². The minimum atomic E-state index is -4.81. The number of hydrogen-bond donors (Lipinski definition) is 1. The van der Waals surface area contributed by atoms with E-state index in [0.717, 1.165) is 17.5 Å². The van der Waals surface area contributed by atoms with Gasteiger partial charge in [0.25, 0.3) is 5.91 Å². The molecule has 148 valence electrons. The molecule has 11 heteroatoms. The van der Waals surface area contributed by atoms with E-state index in [9.17, 15) is 18.0 Å². The Bertz CT molecular complexity index is 999. The molecule has 1 aromatic carbocycles. The molecule has 2 aromatic heterocycles. The molecule has 0 unspecified atom stereocenters. The number of amides is 1. The van der Waals surface area contributed by atoms with Crippen molar-refractivity contribution in [1.82, 2.24) is 20.0 Å². The van der Waals surface area contributed by atoms with E-state index in [1.165, 1.54) is 24.3 Å². The summed E-state index contributed by atoms with van der Waals surface area (Å²) in [4.78, 5) is 12.5. The van der Waals surface area contributed by atoms with Gasteiger partial charge in [-0.05, 0) is 24.1 Å². The Labute approximate surface area is 167 Å². The van der Waals surface area contributed by atoms with Crippen LogP contribution in [0.15, 0.2) is 30.5 Å². The molecule has 0 bridgehead atoms. The molecule has 0 aliphatic carbocycles. The van der Waals surface area contributed by atoms with Crippen LogP contribution >= 0.6 is 22.9 Å². The fourth-order valence-electron chi connectivity index (χ4n) is 2.49. The summed E-state index contributed by atoms with van der Waals surface area (Å²) in [5, 5.41) is 14.9. The van der Waals surface area contributed by atoms with Gasteiger partial charge in [-0.3, -0.25) is 10.1 Å². The highest BCUT2D eigenvalue weighted by Gasteiger charge is 2.40. The van der Waals surface area contributed by atoms with Crippen molar-refractivity contribution in [1.29, 1.82) is 0 Å². The average molecular weight is 430 g/mol. The highest BCUT2D eigenvalue weighted by molar-refractivity contribution is 7.15. The molecule has 0 atom stereocenters. The van der Waals surface area contributed by atoms with Gasteiger partial charge in [0.2, 0.25) is 5.13 Å². The summed E-state index contributed by atoms with van der Waals surface area (Å²) in [6, 6.07) is 5.77. The Morgan fingerprint density at radius 2 is 2.07 bits per heavy atom. The van der Waals surface area contributed by atoms with Gasteiger partial charge in [-0.2, -0.15) is 18.3 Å². The number of benzene rings is 1. The molecule has 3 rings (SSSR count). The minimum absolute atomic E-state index is 0.0917. The third-order valence-corrected chi connectivity index (χ3v) is 4.70. The molecule has 0 saturated heterocycles. The molecule has 0 spiro atoms. The highest BCUT2D eigenvalue weighted by Crippen LogP contribution is 2.34. The van der Waals surface area contributed by atoms with E-state index in [2.05, 4.69) is 20.6 Å². The van der Waals surface area contributed by atoms with Crippen molar-refractivity contribution in [3.05, 3.63) is 51.7 Å². The first-order valence-corrected chi connectivity index (χ1v) is 9.39. The first-order valence-electron chi connectivity index (χ1n) is 8.20. The van der Waals surface area contributed by atoms with Crippen molar-refractivity contribution in [3.8, 4) is 5.69 Å². The van der Waals surface area contributed by atoms with Crippen LogP contribution in [0.2, 0.25) is 5.02 Å². The van der Waals surface area contributed by atoms with Crippen LogP contribution in [0.1, 0.15) is 34.9 Å². The van der Waals surface area contributed by atoms with Gasteiger partial charge < -0.3 is 0 Å². The molecular formula is C17H15ClF3N5OS. The van der Waals surface area contributed by atoms with Crippen molar-refractivity contribution < 1.29 is 18.0 Å². The van der Waals surface area contributed by atoms with E-state index in [1.54, 1.807) is 0 Å². The molecule has 0 saturated carbocycles. The third kappa shape index (κ3) is 4.50. The molecular weight excluding hydrogens is 415 g/mol. The van der Waals surface area contributed by atoms with Gasteiger partial charge in [-0.25, -0.2) is 4.68 Å². The Morgan fingerprint density at radius 1 is 1.32 bits per heavy atom. The first kappa shape index (κ1) is 20.3. The normalized spacial score (nSPS) is 11.8. The van der Waals surface area contributed by atoms with Crippen LogP contribution in [0.3, 0.4) is 0 Å². The number of rotatable bonds is 5. The number of anilines is 1. The average Bonchev–Trinajstić information content (AvgIpc) is 3.20. The van der Waals surface area contributed by atoms with Crippen molar-refractivity contribution in [2.45, 2.75) is 26.4 Å². The zero-order valence-electron chi connectivity index (χ0n) is 14.8. The van der Waals surface area contributed by atoms with E-state index in [4.69, 9.17) is 11.6 Å². The van der Waals surface area contributed by atoms with E-state index >= 15 is 0 Å². The SMILES string of the molecule is CC(C)Cc1nnc(NC(=O)c2cnn(-c3cccc(Cl)c3)c2C(F)(F)F)s1. The quantitative estimate of drug-likeness (QED) is 0.629. The van der Waals surface area contributed by atoms with Crippen LogP contribution in [-0.2, 0) is 12.6 Å². The van der Waals surface area contributed by atoms with Crippen molar-refractivity contribution in [2.24, 2.45) is 5.92 Å². The number of aromatic nitrogens is 4. The van der Waals surface area contributed by atoms with Gasteiger partial charge in [0, 0.05) is 11.4 Å². The van der Waals surface area contributed by atoms with Crippen molar-refractivity contribution >= 4 is 34.0 Å². The lowest BCUT2D eigenvalue weighted by Gasteiger charge is -2.12. The predicted molar refractivity (Wildman–Crippen MR) is 100.0 cm³/mol. The van der Waals surface area contributed by atoms with Crippen LogP contribution in [-0.4, -0.2) is 25.9 Å². The fourth-order valence-corrected chi connectivity index (χ4v) is 3.62. The molecule has 3 aromatic rings. The van der Waals surface area contributed by atoms with Crippen molar-refractivity contribution in [2.75, 3.05) is 5.32 Å². The minimum Gasteiger partial charge on any atom is -0.296 e. The largest absolute Gasteiger partial charge is 0.434 e. The topological polar surface area (TPSA) is 72.7 Å². The summed E-state index contributed by atoms with van der Waals surface area (Å²) >= 11 is 6.98. The Morgan fingerprint density at radius 3 is 2.71 bits per heavy atom. The molecule has 1 N–H and O–H groups in total. The third-order valence-electron chi connectivity index (χ3n) is 3.61. The highest BCUT2D eigenvalue weighted by atomic mass is 35.5.